The number of benzene rings is 2. The van der Waals surface area contributed by atoms with Crippen LogP contribution in [0.4, 0.5) is 11.6 Å². The summed E-state index contributed by atoms with van der Waals surface area (Å²) in [4.78, 5) is 12.7. The second kappa shape index (κ2) is 9.26. The molecule has 1 atom stereocenters. The third-order valence-corrected chi connectivity index (χ3v) is 6.72. The summed E-state index contributed by atoms with van der Waals surface area (Å²) in [5, 5.41) is 28.8. The summed E-state index contributed by atoms with van der Waals surface area (Å²) in [7, 11) is 0. The maximum atomic E-state index is 10.9. The first-order valence-electron chi connectivity index (χ1n) is 11.0. The van der Waals surface area contributed by atoms with E-state index in [4.69, 9.17) is 4.42 Å². The molecule has 3 heterocycles. The van der Waals surface area contributed by atoms with Crippen LogP contribution in [0.15, 0.2) is 58.1 Å². The Bertz CT molecular complexity index is 1300. The molecule has 1 aliphatic heterocycles. The maximum Gasteiger partial charge on any atom is 0.269 e. The van der Waals surface area contributed by atoms with Crippen molar-refractivity contribution in [1.82, 2.24) is 25.0 Å². The van der Waals surface area contributed by atoms with Gasteiger partial charge in [0, 0.05) is 30.8 Å². The summed E-state index contributed by atoms with van der Waals surface area (Å²) in [5.41, 5.74) is 2.83. The fourth-order valence-electron chi connectivity index (χ4n) is 3.83. The third-order valence-electron chi connectivity index (χ3n) is 5.69. The number of non-ortho nitro benzene ring substituents is 1. The lowest BCUT2D eigenvalue weighted by Crippen LogP contribution is -2.22. The van der Waals surface area contributed by atoms with Gasteiger partial charge in [0.05, 0.1) is 15.9 Å². The van der Waals surface area contributed by atoms with Gasteiger partial charge in [-0.3, -0.25) is 14.7 Å². The molecule has 1 fully saturated rings. The molecule has 2 aromatic heterocycles. The highest BCUT2D eigenvalue weighted by Gasteiger charge is 2.25. The minimum Gasteiger partial charge on any atom is -0.419 e. The molecule has 2 aromatic carbocycles. The molecule has 0 saturated carbocycles. The van der Waals surface area contributed by atoms with Crippen LogP contribution in [0, 0.1) is 17.0 Å². The van der Waals surface area contributed by atoms with Crippen LogP contribution in [0.5, 0.6) is 0 Å². The molecule has 0 N–H and O–H groups in total. The van der Waals surface area contributed by atoms with E-state index >= 15 is 0 Å². The highest BCUT2D eigenvalue weighted by Crippen LogP contribution is 2.37. The fraction of sp³-hybridized carbons (Fsp3) is 0.304. The summed E-state index contributed by atoms with van der Waals surface area (Å²) in [6.07, 6.45) is 2.29. The van der Waals surface area contributed by atoms with Crippen LogP contribution in [0.2, 0.25) is 0 Å². The molecule has 34 heavy (non-hydrogen) atoms. The molecule has 1 aliphatic rings. The second-order valence-electron chi connectivity index (χ2n) is 8.16. The van der Waals surface area contributed by atoms with Crippen molar-refractivity contribution < 1.29 is 9.34 Å². The molecule has 0 spiro atoms. The van der Waals surface area contributed by atoms with Crippen molar-refractivity contribution in [3.63, 3.8) is 0 Å². The number of nitro benzene ring substituents is 1. The summed E-state index contributed by atoms with van der Waals surface area (Å²) in [6.45, 7) is 5.97. The number of hydrogen-bond acceptors (Lipinski definition) is 9. The SMILES string of the molecule is Cc1ccc(-n2c(SC(C)c3nnc(-c4ccc([N+](=O)[O-])cc4)o3)nnc2N2CCCC2)cc1. The van der Waals surface area contributed by atoms with E-state index in [1.807, 2.05) is 6.92 Å². The third kappa shape index (κ3) is 4.38. The lowest BCUT2D eigenvalue weighted by Gasteiger charge is -2.19. The summed E-state index contributed by atoms with van der Waals surface area (Å²) in [5.74, 6) is 1.60. The molecule has 0 aliphatic carbocycles. The summed E-state index contributed by atoms with van der Waals surface area (Å²) >= 11 is 1.49. The first kappa shape index (κ1) is 22.1. The average Bonchev–Trinajstić information content (AvgIpc) is 3.60. The Labute approximate surface area is 200 Å². The molecule has 174 valence electrons. The minimum atomic E-state index is -0.442. The number of thioether (sulfide) groups is 1. The van der Waals surface area contributed by atoms with Gasteiger partial charge in [0.2, 0.25) is 17.7 Å². The molecule has 10 nitrogen and oxygen atoms in total. The van der Waals surface area contributed by atoms with Crippen molar-refractivity contribution in [3.8, 4) is 17.1 Å². The molecule has 0 radical (unpaired) electrons. The van der Waals surface area contributed by atoms with Crippen molar-refractivity contribution >= 4 is 23.4 Å². The van der Waals surface area contributed by atoms with Gasteiger partial charge in [0.1, 0.15) is 0 Å². The van der Waals surface area contributed by atoms with Crippen molar-refractivity contribution in [2.45, 2.75) is 37.1 Å². The van der Waals surface area contributed by atoms with Crippen molar-refractivity contribution in [2.24, 2.45) is 0 Å². The Morgan fingerprint density at radius 3 is 2.38 bits per heavy atom. The largest absolute Gasteiger partial charge is 0.419 e. The number of hydrogen-bond donors (Lipinski definition) is 0. The molecule has 4 aromatic rings. The topological polar surface area (TPSA) is 116 Å². The second-order valence-corrected chi connectivity index (χ2v) is 9.47. The van der Waals surface area contributed by atoms with Gasteiger partial charge in [-0.25, -0.2) is 0 Å². The smallest absolute Gasteiger partial charge is 0.269 e. The predicted octanol–water partition coefficient (Wildman–Crippen LogP) is 4.99. The van der Waals surface area contributed by atoms with Gasteiger partial charge in [-0.2, -0.15) is 0 Å². The fourth-order valence-corrected chi connectivity index (χ4v) is 4.72. The number of nitro groups is 1. The van der Waals surface area contributed by atoms with Crippen LogP contribution in [-0.4, -0.2) is 43.0 Å². The van der Waals surface area contributed by atoms with Gasteiger partial charge in [0.25, 0.3) is 5.69 Å². The monoisotopic (exact) mass is 477 g/mol. The number of aryl methyl sites for hydroxylation is 1. The quantitative estimate of drug-likeness (QED) is 0.206. The zero-order valence-electron chi connectivity index (χ0n) is 18.8. The van der Waals surface area contributed by atoms with Crippen LogP contribution >= 0.6 is 11.8 Å². The summed E-state index contributed by atoms with van der Waals surface area (Å²) in [6, 6.07) is 14.3. The lowest BCUT2D eigenvalue weighted by atomic mass is 10.2. The minimum absolute atomic E-state index is 0.0108. The first-order chi connectivity index (χ1) is 16.5. The van der Waals surface area contributed by atoms with Crippen LogP contribution in [-0.2, 0) is 0 Å². The van der Waals surface area contributed by atoms with Crippen molar-refractivity contribution in [3.05, 3.63) is 70.1 Å². The zero-order valence-corrected chi connectivity index (χ0v) is 19.6. The molecule has 5 rings (SSSR count). The number of aromatic nitrogens is 5. The molecule has 1 saturated heterocycles. The van der Waals surface area contributed by atoms with Gasteiger partial charge >= 0.3 is 0 Å². The normalized spacial score (nSPS) is 14.5. The predicted molar refractivity (Wildman–Crippen MR) is 128 cm³/mol. The molecule has 0 amide bonds. The Morgan fingerprint density at radius 2 is 1.71 bits per heavy atom. The number of anilines is 1. The molecule has 1 unspecified atom stereocenters. The van der Waals surface area contributed by atoms with E-state index in [9.17, 15) is 10.1 Å². The summed E-state index contributed by atoms with van der Waals surface area (Å²) < 4.78 is 7.97. The van der Waals surface area contributed by atoms with Gasteiger partial charge in [-0.15, -0.1) is 20.4 Å². The van der Waals surface area contributed by atoms with Crippen LogP contribution in [0.1, 0.15) is 36.5 Å². The average molecular weight is 478 g/mol. The Balaban J connectivity index is 1.41. The number of rotatable bonds is 7. The van der Waals surface area contributed by atoms with Crippen molar-refractivity contribution in [1.29, 1.82) is 0 Å². The number of nitrogens with zero attached hydrogens (tertiary/aromatic N) is 7. The molecular weight excluding hydrogens is 454 g/mol. The van der Waals surface area contributed by atoms with Crippen LogP contribution < -0.4 is 4.90 Å². The molecule has 11 heteroatoms. The van der Waals surface area contributed by atoms with Gasteiger partial charge in [0.15, 0.2) is 5.16 Å². The Hall–Kier alpha value is -3.73. The first-order valence-corrected chi connectivity index (χ1v) is 11.9. The maximum absolute atomic E-state index is 10.9. The van der Waals surface area contributed by atoms with E-state index in [-0.39, 0.29) is 10.9 Å². The van der Waals surface area contributed by atoms with Gasteiger partial charge < -0.3 is 9.32 Å². The Morgan fingerprint density at radius 1 is 1.00 bits per heavy atom. The highest BCUT2D eigenvalue weighted by atomic mass is 32.2. The van der Waals surface area contributed by atoms with E-state index in [1.165, 1.54) is 29.5 Å². The van der Waals surface area contributed by atoms with Crippen LogP contribution in [0.25, 0.3) is 17.1 Å². The van der Waals surface area contributed by atoms with Crippen LogP contribution in [0.3, 0.4) is 0 Å². The zero-order chi connectivity index (χ0) is 23.7. The molecular formula is C23H23N7O3S. The van der Waals surface area contributed by atoms with E-state index < -0.39 is 4.92 Å². The van der Waals surface area contributed by atoms with E-state index in [0.717, 1.165) is 42.7 Å². The van der Waals surface area contributed by atoms with Gasteiger partial charge in [-0.1, -0.05) is 29.5 Å². The Kier molecular flexibility index (Phi) is 6.01. The van der Waals surface area contributed by atoms with Gasteiger partial charge in [-0.05, 0) is 51.0 Å². The van der Waals surface area contributed by atoms with E-state index in [2.05, 4.69) is 61.1 Å². The van der Waals surface area contributed by atoms with E-state index in [0.29, 0.717) is 17.3 Å². The standard InChI is InChI=1S/C23H23N7O3S/c1-15-5-9-18(10-6-15)29-22(28-13-3-4-14-28)26-27-23(29)34-16(2)20-24-25-21(33-20)17-7-11-19(12-8-17)30(31)32/h5-12,16H,3-4,13-14H2,1-2H3. The molecule has 0 bridgehead atoms. The van der Waals surface area contributed by atoms with E-state index in [1.54, 1.807) is 12.1 Å². The van der Waals surface area contributed by atoms with Crippen molar-refractivity contribution in [2.75, 3.05) is 18.0 Å². The highest BCUT2D eigenvalue weighted by molar-refractivity contribution is 7.99. The lowest BCUT2D eigenvalue weighted by molar-refractivity contribution is -0.384.